The van der Waals surface area contributed by atoms with Gasteiger partial charge in [-0.3, -0.25) is 4.79 Å². The van der Waals surface area contributed by atoms with Crippen LogP contribution in [-0.2, 0) is 4.79 Å². The highest BCUT2D eigenvalue weighted by atomic mass is 16.1. The minimum atomic E-state index is -0.120. The topological polar surface area (TPSA) is 43.1 Å². The molecule has 0 aromatic rings. The summed E-state index contributed by atoms with van der Waals surface area (Å²) in [5.74, 6) is 2.07. The van der Waals surface area contributed by atoms with E-state index in [4.69, 9.17) is 5.73 Å². The van der Waals surface area contributed by atoms with Gasteiger partial charge in [-0.2, -0.15) is 0 Å². The normalized spacial score (nSPS) is 40.9. The summed E-state index contributed by atoms with van der Waals surface area (Å²) < 4.78 is 0. The molecule has 2 aliphatic carbocycles. The third-order valence-electron chi connectivity index (χ3n) is 4.47. The van der Waals surface area contributed by atoms with Crippen LogP contribution in [-0.4, -0.2) is 5.91 Å². The highest BCUT2D eigenvalue weighted by Gasteiger charge is 2.52. The van der Waals surface area contributed by atoms with Gasteiger partial charge in [-0.05, 0) is 42.4 Å². The smallest absolute Gasteiger partial charge is 0.217 e. The molecule has 0 aromatic heterocycles. The Labute approximate surface area is 79.9 Å². The van der Waals surface area contributed by atoms with E-state index in [-0.39, 0.29) is 5.91 Å². The Morgan fingerprint density at radius 2 is 2.15 bits per heavy atom. The number of hydrogen-bond donors (Lipinski definition) is 1. The molecule has 3 atom stereocenters. The lowest BCUT2D eigenvalue weighted by atomic mass is 9.67. The Morgan fingerprint density at radius 1 is 1.46 bits per heavy atom. The maximum atomic E-state index is 10.9. The van der Waals surface area contributed by atoms with E-state index in [1.54, 1.807) is 0 Å². The zero-order chi connectivity index (χ0) is 9.64. The summed E-state index contributed by atoms with van der Waals surface area (Å²) in [4.78, 5) is 10.9. The molecule has 0 heterocycles. The molecule has 2 heteroatoms. The van der Waals surface area contributed by atoms with Crippen LogP contribution in [0.4, 0.5) is 0 Å². The van der Waals surface area contributed by atoms with Crippen molar-refractivity contribution in [3.63, 3.8) is 0 Å². The van der Waals surface area contributed by atoms with E-state index in [1.807, 2.05) is 0 Å². The van der Waals surface area contributed by atoms with Crippen LogP contribution in [0, 0.1) is 23.2 Å². The number of carbonyl (C=O) groups is 1. The second-order valence-electron chi connectivity index (χ2n) is 5.37. The largest absolute Gasteiger partial charge is 0.370 e. The molecule has 0 aliphatic heterocycles. The van der Waals surface area contributed by atoms with Gasteiger partial charge in [0.2, 0.25) is 5.91 Å². The van der Waals surface area contributed by atoms with E-state index in [0.717, 1.165) is 11.8 Å². The van der Waals surface area contributed by atoms with E-state index in [1.165, 1.54) is 19.3 Å². The molecule has 2 fully saturated rings. The highest BCUT2D eigenvalue weighted by Crippen LogP contribution is 2.60. The van der Waals surface area contributed by atoms with Gasteiger partial charge in [0, 0.05) is 6.42 Å². The number of fused-ring (bicyclic) bond motifs is 2. The predicted octanol–water partition coefficient (Wildman–Crippen LogP) is 1.93. The molecule has 2 N–H and O–H groups in total. The van der Waals surface area contributed by atoms with Crippen LogP contribution < -0.4 is 5.73 Å². The van der Waals surface area contributed by atoms with Crippen molar-refractivity contribution < 1.29 is 4.79 Å². The lowest BCUT2D eigenvalue weighted by Crippen LogP contribution is -2.33. The standard InChI is InChI=1S/C11H19NO/c1-11(2)8-4-3-7(5-8)9(11)6-10(12)13/h7-9H,3-6H2,1-2H3,(H2,12,13)/t7-,8+,9-/m1/s1. The molecular formula is C11H19NO. The lowest BCUT2D eigenvalue weighted by molar-refractivity contribution is -0.120. The fourth-order valence-electron chi connectivity index (χ4n) is 3.61. The third kappa shape index (κ3) is 1.27. The van der Waals surface area contributed by atoms with Crippen LogP contribution in [0.2, 0.25) is 0 Å². The molecule has 0 spiro atoms. The van der Waals surface area contributed by atoms with E-state index in [2.05, 4.69) is 13.8 Å². The molecule has 1 amide bonds. The minimum Gasteiger partial charge on any atom is -0.370 e. The van der Waals surface area contributed by atoms with Gasteiger partial charge in [0.25, 0.3) is 0 Å². The van der Waals surface area contributed by atoms with Crippen molar-refractivity contribution in [2.45, 2.75) is 39.5 Å². The Balaban J connectivity index is 2.14. The first-order valence-electron chi connectivity index (χ1n) is 5.30. The van der Waals surface area contributed by atoms with Crippen LogP contribution in [0.3, 0.4) is 0 Å². The number of hydrogen-bond acceptors (Lipinski definition) is 1. The highest BCUT2D eigenvalue weighted by molar-refractivity contribution is 5.74. The van der Waals surface area contributed by atoms with Crippen LogP contribution in [0.15, 0.2) is 0 Å². The first-order valence-corrected chi connectivity index (χ1v) is 5.30. The molecule has 2 bridgehead atoms. The monoisotopic (exact) mass is 181 g/mol. The summed E-state index contributed by atoms with van der Waals surface area (Å²) in [5.41, 5.74) is 5.65. The van der Waals surface area contributed by atoms with Crippen molar-refractivity contribution in [2.75, 3.05) is 0 Å². The number of carbonyl (C=O) groups excluding carboxylic acids is 1. The molecule has 0 radical (unpaired) electrons. The number of amides is 1. The summed E-state index contributed by atoms with van der Waals surface area (Å²) in [5, 5.41) is 0. The quantitative estimate of drug-likeness (QED) is 0.695. The third-order valence-corrected chi connectivity index (χ3v) is 4.47. The summed E-state index contributed by atoms with van der Waals surface area (Å²) in [6.07, 6.45) is 4.64. The van der Waals surface area contributed by atoms with Gasteiger partial charge < -0.3 is 5.73 Å². The Hall–Kier alpha value is -0.530. The maximum Gasteiger partial charge on any atom is 0.217 e. The second-order valence-corrected chi connectivity index (χ2v) is 5.37. The molecule has 0 saturated heterocycles. The summed E-state index contributed by atoms with van der Waals surface area (Å²) >= 11 is 0. The van der Waals surface area contributed by atoms with Crippen molar-refractivity contribution in [3.05, 3.63) is 0 Å². The molecule has 2 nitrogen and oxygen atoms in total. The van der Waals surface area contributed by atoms with Crippen molar-refractivity contribution in [2.24, 2.45) is 28.9 Å². The average Bonchev–Trinajstić information content (AvgIpc) is 2.53. The first kappa shape index (κ1) is 9.04. The summed E-state index contributed by atoms with van der Waals surface area (Å²) in [7, 11) is 0. The number of primary amides is 1. The molecule has 2 rings (SSSR count). The van der Waals surface area contributed by atoms with Crippen LogP contribution in [0.1, 0.15) is 39.5 Å². The number of rotatable bonds is 2. The van der Waals surface area contributed by atoms with Gasteiger partial charge in [0.15, 0.2) is 0 Å². The summed E-state index contributed by atoms with van der Waals surface area (Å²) in [6.45, 7) is 4.62. The van der Waals surface area contributed by atoms with E-state index in [0.29, 0.717) is 17.8 Å². The number of nitrogens with two attached hydrogens (primary N) is 1. The van der Waals surface area contributed by atoms with E-state index in [9.17, 15) is 4.79 Å². The molecule has 2 aliphatic rings. The van der Waals surface area contributed by atoms with Crippen LogP contribution in [0.25, 0.3) is 0 Å². The first-order chi connectivity index (χ1) is 6.01. The fourth-order valence-corrected chi connectivity index (χ4v) is 3.61. The summed E-state index contributed by atoms with van der Waals surface area (Å²) in [6, 6.07) is 0. The minimum absolute atomic E-state index is 0.120. The van der Waals surface area contributed by atoms with Gasteiger partial charge in [-0.1, -0.05) is 13.8 Å². The second kappa shape index (κ2) is 2.73. The van der Waals surface area contributed by atoms with Crippen LogP contribution in [0.5, 0.6) is 0 Å². The molecule has 2 saturated carbocycles. The molecular weight excluding hydrogens is 162 g/mol. The van der Waals surface area contributed by atoms with Gasteiger partial charge in [0.1, 0.15) is 0 Å². The molecule has 13 heavy (non-hydrogen) atoms. The molecule has 74 valence electrons. The Morgan fingerprint density at radius 3 is 2.62 bits per heavy atom. The predicted molar refractivity (Wildman–Crippen MR) is 51.9 cm³/mol. The van der Waals surface area contributed by atoms with Crippen LogP contribution >= 0.6 is 0 Å². The van der Waals surface area contributed by atoms with Gasteiger partial charge in [-0.15, -0.1) is 0 Å². The Kier molecular flexibility index (Phi) is 1.90. The zero-order valence-corrected chi connectivity index (χ0v) is 8.55. The van der Waals surface area contributed by atoms with Crippen molar-refractivity contribution in [3.8, 4) is 0 Å². The Bertz CT molecular complexity index is 234. The molecule has 0 unspecified atom stereocenters. The van der Waals surface area contributed by atoms with Gasteiger partial charge in [-0.25, -0.2) is 0 Å². The SMILES string of the molecule is CC1(C)[C@H]2CC[C@H](C2)[C@H]1CC(N)=O. The fraction of sp³-hybridized carbons (Fsp3) is 0.909. The van der Waals surface area contributed by atoms with Crippen molar-refractivity contribution in [1.29, 1.82) is 0 Å². The van der Waals surface area contributed by atoms with E-state index >= 15 is 0 Å². The lowest BCUT2D eigenvalue weighted by Gasteiger charge is -2.37. The van der Waals surface area contributed by atoms with Crippen molar-refractivity contribution >= 4 is 5.91 Å². The van der Waals surface area contributed by atoms with E-state index < -0.39 is 0 Å². The van der Waals surface area contributed by atoms with Crippen molar-refractivity contribution in [1.82, 2.24) is 0 Å². The van der Waals surface area contributed by atoms with Gasteiger partial charge in [0.05, 0.1) is 0 Å². The average molecular weight is 181 g/mol. The van der Waals surface area contributed by atoms with Gasteiger partial charge >= 0.3 is 0 Å². The molecule has 0 aromatic carbocycles. The maximum absolute atomic E-state index is 10.9. The zero-order valence-electron chi connectivity index (χ0n) is 8.55.